The summed E-state index contributed by atoms with van der Waals surface area (Å²) in [5.74, 6) is 0.0566. The minimum atomic E-state index is -0.521. The lowest BCUT2D eigenvalue weighted by atomic mass is 10.1. The van der Waals surface area contributed by atoms with E-state index >= 15 is 0 Å². The van der Waals surface area contributed by atoms with E-state index in [-0.39, 0.29) is 27.4 Å². The standard InChI is InChI=1S/C12H12BrN5O3/c1-6-5-17(12(14)16-6)15-4-8-3-9(18(20)21)7(2)10(13)11(8)19/h3-5,19H,1-2H3,(H2,14,16). The van der Waals surface area contributed by atoms with Crippen molar-refractivity contribution in [3.05, 3.63) is 43.7 Å². The predicted molar refractivity (Wildman–Crippen MR) is 81.6 cm³/mol. The van der Waals surface area contributed by atoms with Gasteiger partial charge in [0, 0.05) is 17.2 Å². The summed E-state index contributed by atoms with van der Waals surface area (Å²) < 4.78 is 1.57. The molecule has 0 fully saturated rings. The zero-order valence-electron chi connectivity index (χ0n) is 11.2. The predicted octanol–water partition coefficient (Wildman–Crippen LogP) is 2.34. The van der Waals surface area contributed by atoms with Crippen molar-refractivity contribution in [2.24, 2.45) is 5.10 Å². The molecule has 9 heteroatoms. The number of nitro groups is 1. The summed E-state index contributed by atoms with van der Waals surface area (Å²) in [6, 6.07) is 1.25. The van der Waals surface area contributed by atoms with E-state index in [1.54, 1.807) is 20.0 Å². The molecule has 21 heavy (non-hydrogen) atoms. The Morgan fingerprint density at radius 1 is 1.57 bits per heavy atom. The van der Waals surface area contributed by atoms with Gasteiger partial charge in [0.2, 0.25) is 5.95 Å². The number of aryl methyl sites for hydroxylation is 1. The van der Waals surface area contributed by atoms with Crippen LogP contribution in [0.2, 0.25) is 0 Å². The fourth-order valence-corrected chi connectivity index (χ4v) is 2.18. The maximum absolute atomic E-state index is 11.0. The molecule has 3 N–H and O–H groups in total. The number of hydrogen-bond acceptors (Lipinski definition) is 6. The molecule has 1 aromatic heterocycles. The Hall–Kier alpha value is -2.42. The molecule has 8 nitrogen and oxygen atoms in total. The van der Waals surface area contributed by atoms with Crippen molar-refractivity contribution in [3.8, 4) is 5.75 Å². The zero-order chi connectivity index (χ0) is 15.7. The number of nitro benzene ring substituents is 1. The average molecular weight is 354 g/mol. The van der Waals surface area contributed by atoms with Crippen LogP contribution < -0.4 is 5.73 Å². The van der Waals surface area contributed by atoms with Crippen LogP contribution in [0.4, 0.5) is 11.6 Å². The number of nitrogen functional groups attached to an aromatic ring is 1. The van der Waals surface area contributed by atoms with E-state index in [1.165, 1.54) is 17.0 Å². The molecule has 1 heterocycles. The molecule has 0 saturated carbocycles. The van der Waals surface area contributed by atoms with Gasteiger partial charge in [-0.05, 0) is 29.8 Å². The summed E-state index contributed by atoms with van der Waals surface area (Å²) in [6.45, 7) is 3.30. The molecule has 0 aliphatic rings. The molecule has 0 bridgehead atoms. The van der Waals surface area contributed by atoms with Crippen molar-refractivity contribution < 1.29 is 10.0 Å². The van der Waals surface area contributed by atoms with Gasteiger partial charge in [-0.3, -0.25) is 10.1 Å². The molecule has 0 unspecified atom stereocenters. The Kier molecular flexibility index (Phi) is 3.94. The maximum atomic E-state index is 11.0. The van der Waals surface area contributed by atoms with Gasteiger partial charge in [-0.15, -0.1) is 0 Å². The Labute approximate surface area is 128 Å². The number of phenols is 1. The van der Waals surface area contributed by atoms with Gasteiger partial charge in [-0.2, -0.15) is 5.10 Å². The normalized spacial score (nSPS) is 11.2. The third kappa shape index (κ3) is 2.87. The largest absolute Gasteiger partial charge is 0.506 e. The summed E-state index contributed by atoms with van der Waals surface area (Å²) in [4.78, 5) is 14.4. The first-order valence-corrected chi connectivity index (χ1v) is 6.62. The van der Waals surface area contributed by atoms with Gasteiger partial charge >= 0.3 is 0 Å². The maximum Gasteiger partial charge on any atom is 0.274 e. The molecule has 0 atom stereocenters. The van der Waals surface area contributed by atoms with Crippen LogP contribution in [-0.4, -0.2) is 25.9 Å². The molecule has 2 aromatic rings. The van der Waals surface area contributed by atoms with E-state index in [0.29, 0.717) is 11.3 Å². The van der Waals surface area contributed by atoms with Gasteiger partial charge in [0.05, 0.1) is 27.5 Å². The van der Waals surface area contributed by atoms with Gasteiger partial charge in [0.25, 0.3) is 5.69 Å². The van der Waals surface area contributed by atoms with Gasteiger partial charge in [0.15, 0.2) is 0 Å². The number of anilines is 1. The van der Waals surface area contributed by atoms with Crippen LogP contribution in [-0.2, 0) is 0 Å². The molecule has 2 rings (SSSR count). The number of imidazole rings is 1. The number of aromatic hydroxyl groups is 1. The van der Waals surface area contributed by atoms with E-state index in [2.05, 4.69) is 26.0 Å². The summed E-state index contributed by atoms with van der Waals surface area (Å²) in [5, 5.41) is 25.0. The number of halogens is 1. The van der Waals surface area contributed by atoms with Crippen LogP contribution >= 0.6 is 15.9 Å². The quantitative estimate of drug-likeness (QED) is 0.498. The van der Waals surface area contributed by atoms with E-state index in [1.807, 2.05) is 0 Å². The highest BCUT2D eigenvalue weighted by Gasteiger charge is 2.19. The second-order valence-corrected chi connectivity index (χ2v) is 5.15. The van der Waals surface area contributed by atoms with Crippen molar-refractivity contribution >= 4 is 33.8 Å². The summed E-state index contributed by atoms with van der Waals surface area (Å²) in [7, 11) is 0. The summed E-state index contributed by atoms with van der Waals surface area (Å²) in [6.07, 6.45) is 2.88. The number of benzene rings is 1. The van der Waals surface area contributed by atoms with Gasteiger partial charge < -0.3 is 10.8 Å². The highest BCUT2D eigenvalue weighted by atomic mass is 79.9. The molecule has 0 aliphatic carbocycles. The number of nitrogens with two attached hydrogens (primary N) is 1. The third-order valence-corrected chi connectivity index (χ3v) is 3.81. The second kappa shape index (κ2) is 5.52. The molecule has 0 saturated heterocycles. The highest BCUT2D eigenvalue weighted by Crippen LogP contribution is 2.36. The van der Waals surface area contributed by atoms with Crippen LogP contribution in [0.1, 0.15) is 16.8 Å². The summed E-state index contributed by atoms with van der Waals surface area (Å²) in [5.41, 5.74) is 6.74. The van der Waals surface area contributed by atoms with Gasteiger partial charge in [-0.1, -0.05) is 0 Å². The molecule has 0 amide bonds. The summed E-state index contributed by atoms with van der Waals surface area (Å²) >= 11 is 3.13. The SMILES string of the molecule is Cc1cn(N=Cc2cc([N+](=O)[O-])c(C)c(Br)c2O)c(N)n1. The minimum Gasteiger partial charge on any atom is -0.506 e. The topological polar surface area (TPSA) is 120 Å². The van der Waals surface area contributed by atoms with Gasteiger partial charge in [-0.25, -0.2) is 9.66 Å². The number of nitrogens with zero attached hydrogens (tertiary/aromatic N) is 4. The second-order valence-electron chi connectivity index (χ2n) is 4.36. The fraction of sp³-hybridized carbons (Fsp3) is 0.167. The lowest BCUT2D eigenvalue weighted by molar-refractivity contribution is -0.385. The van der Waals surface area contributed by atoms with E-state index in [0.717, 1.165) is 0 Å². The molecule has 0 spiro atoms. The van der Waals surface area contributed by atoms with Crippen molar-refractivity contribution in [1.82, 2.24) is 9.66 Å². The molecule has 110 valence electrons. The van der Waals surface area contributed by atoms with Crippen LogP contribution in [0, 0.1) is 24.0 Å². The average Bonchev–Trinajstić information content (AvgIpc) is 2.73. The van der Waals surface area contributed by atoms with E-state index in [9.17, 15) is 15.2 Å². The molecule has 1 aromatic carbocycles. The molecular weight excluding hydrogens is 342 g/mol. The number of hydrogen-bond donors (Lipinski definition) is 2. The van der Waals surface area contributed by atoms with Crippen LogP contribution in [0.15, 0.2) is 21.8 Å². The molecule has 0 radical (unpaired) electrons. The molecular formula is C12H12BrN5O3. The third-order valence-electron chi connectivity index (χ3n) is 2.84. The van der Waals surface area contributed by atoms with Crippen molar-refractivity contribution in [3.63, 3.8) is 0 Å². The Balaban J connectivity index is 2.49. The van der Waals surface area contributed by atoms with Crippen molar-refractivity contribution in [1.29, 1.82) is 0 Å². The first-order valence-electron chi connectivity index (χ1n) is 5.83. The number of phenolic OH excluding ortho intramolecular Hbond substituents is 1. The Morgan fingerprint density at radius 3 is 2.76 bits per heavy atom. The lowest BCUT2D eigenvalue weighted by Gasteiger charge is -2.06. The zero-order valence-corrected chi connectivity index (χ0v) is 12.8. The van der Waals surface area contributed by atoms with Crippen LogP contribution in [0.25, 0.3) is 0 Å². The smallest absolute Gasteiger partial charge is 0.274 e. The number of rotatable bonds is 3. The van der Waals surface area contributed by atoms with Crippen LogP contribution in [0.3, 0.4) is 0 Å². The van der Waals surface area contributed by atoms with Crippen molar-refractivity contribution in [2.75, 3.05) is 5.73 Å². The van der Waals surface area contributed by atoms with Gasteiger partial charge in [0.1, 0.15) is 5.75 Å². The first kappa shape index (κ1) is 15.0. The van der Waals surface area contributed by atoms with E-state index in [4.69, 9.17) is 5.73 Å². The highest BCUT2D eigenvalue weighted by molar-refractivity contribution is 9.10. The van der Waals surface area contributed by atoms with Crippen LogP contribution in [0.5, 0.6) is 5.75 Å². The molecule has 0 aliphatic heterocycles. The monoisotopic (exact) mass is 353 g/mol. The van der Waals surface area contributed by atoms with E-state index < -0.39 is 4.92 Å². The number of aromatic nitrogens is 2. The first-order chi connectivity index (χ1) is 9.81. The van der Waals surface area contributed by atoms with Crippen molar-refractivity contribution in [2.45, 2.75) is 13.8 Å². The minimum absolute atomic E-state index is 0.115. The Bertz CT molecular complexity index is 754. The lowest BCUT2D eigenvalue weighted by Crippen LogP contribution is -1.99. The fourth-order valence-electron chi connectivity index (χ4n) is 1.75. The Morgan fingerprint density at radius 2 is 2.24 bits per heavy atom.